The van der Waals surface area contributed by atoms with Crippen LogP contribution in [0.5, 0.6) is 0 Å². The van der Waals surface area contributed by atoms with Crippen LogP contribution in [0.4, 0.5) is 0 Å². The van der Waals surface area contributed by atoms with Gasteiger partial charge in [0.15, 0.2) is 16.5 Å². The second kappa shape index (κ2) is 8.64. The van der Waals surface area contributed by atoms with Gasteiger partial charge in [0.1, 0.15) is 24.2 Å². The van der Waals surface area contributed by atoms with Crippen molar-refractivity contribution in [2.45, 2.75) is 32.6 Å². The number of quaternary nitrogens is 1. The van der Waals surface area contributed by atoms with E-state index >= 15 is 0 Å². The lowest BCUT2D eigenvalue weighted by atomic mass is 10.2. The van der Waals surface area contributed by atoms with Crippen molar-refractivity contribution in [2.24, 2.45) is 0 Å². The summed E-state index contributed by atoms with van der Waals surface area (Å²) in [4.78, 5) is 1.15. The highest BCUT2D eigenvalue weighted by Gasteiger charge is 2.35. The molecule has 2 aromatic rings. The van der Waals surface area contributed by atoms with Crippen LogP contribution in [0.1, 0.15) is 17.8 Å². The number of methoxy groups -OCH3 is 1. The molecule has 2 heterocycles. The topological polar surface area (TPSA) is 70.6 Å². The Morgan fingerprint density at radius 1 is 1.33 bits per heavy atom. The molecule has 0 radical (unpaired) electrons. The van der Waals surface area contributed by atoms with E-state index in [2.05, 4.69) is 17.2 Å². The highest BCUT2D eigenvalue weighted by atomic mass is 32.2. The SMILES string of the molecule is COCC[NH+](Cn1nc(C)n(Cc2ccccc2)c1=S)[C@H]1CCS(=O)(=O)C1. The van der Waals surface area contributed by atoms with Gasteiger partial charge in [0.2, 0.25) is 4.77 Å². The molecule has 148 valence electrons. The lowest BCUT2D eigenvalue weighted by Gasteiger charge is -2.24. The summed E-state index contributed by atoms with van der Waals surface area (Å²) in [5.41, 5.74) is 1.17. The van der Waals surface area contributed by atoms with Crippen molar-refractivity contribution in [1.29, 1.82) is 0 Å². The van der Waals surface area contributed by atoms with Crippen LogP contribution in [0.3, 0.4) is 0 Å². The molecule has 1 aromatic carbocycles. The van der Waals surface area contributed by atoms with E-state index in [9.17, 15) is 8.42 Å². The number of ether oxygens (including phenoxy) is 1. The number of benzene rings is 1. The lowest BCUT2D eigenvalue weighted by Crippen LogP contribution is -3.16. The van der Waals surface area contributed by atoms with E-state index in [1.54, 1.807) is 7.11 Å². The Hall–Kier alpha value is -1.55. The average molecular weight is 412 g/mol. The smallest absolute Gasteiger partial charge is 0.203 e. The first-order valence-electron chi connectivity index (χ1n) is 9.12. The number of hydrogen-bond acceptors (Lipinski definition) is 5. The van der Waals surface area contributed by atoms with Crippen LogP contribution in [0.2, 0.25) is 0 Å². The summed E-state index contributed by atoms with van der Waals surface area (Å²) in [6, 6.07) is 10.2. The van der Waals surface area contributed by atoms with Gasteiger partial charge in [-0.05, 0) is 24.7 Å². The van der Waals surface area contributed by atoms with Crippen LogP contribution in [0.15, 0.2) is 30.3 Å². The van der Waals surface area contributed by atoms with Crippen molar-refractivity contribution in [3.8, 4) is 0 Å². The molecular formula is C18H27N4O3S2+. The molecule has 0 amide bonds. The van der Waals surface area contributed by atoms with Gasteiger partial charge in [-0.2, -0.15) is 9.78 Å². The van der Waals surface area contributed by atoms with Gasteiger partial charge < -0.3 is 9.64 Å². The maximum atomic E-state index is 11.9. The van der Waals surface area contributed by atoms with Crippen LogP contribution in [0.25, 0.3) is 0 Å². The maximum absolute atomic E-state index is 11.9. The zero-order chi connectivity index (χ0) is 19.4. The van der Waals surface area contributed by atoms with E-state index in [0.29, 0.717) is 31.0 Å². The quantitative estimate of drug-likeness (QED) is 0.639. The molecule has 27 heavy (non-hydrogen) atoms. The first-order chi connectivity index (χ1) is 12.9. The fourth-order valence-corrected chi connectivity index (χ4v) is 5.68. The largest absolute Gasteiger partial charge is 0.379 e. The number of aryl methyl sites for hydroxylation is 1. The van der Waals surface area contributed by atoms with Gasteiger partial charge in [-0.25, -0.2) is 8.42 Å². The van der Waals surface area contributed by atoms with E-state index in [0.717, 1.165) is 17.3 Å². The van der Waals surface area contributed by atoms with Crippen LogP contribution < -0.4 is 4.90 Å². The monoisotopic (exact) mass is 411 g/mol. The van der Waals surface area contributed by atoms with Crippen molar-refractivity contribution < 1.29 is 18.1 Å². The van der Waals surface area contributed by atoms with Gasteiger partial charge in [-0.3, -0.25) is 4.57 Å². The summed E-state index contributed by atoms with van der Waals surface area (Å²) >= 11 is 5.66. The van der Waals surface area contributed by atoms with Gasteiger partial charge in [-0.15, -0.1) is 0 Å². The first-order valence-corrected chi connectivity index (χ1v) is 11.3. The molecule has 0 aliphatic carbocycles. The third-order valence-electron chi connectivity index (χ3n) is 5.08. The van der Waals surface area contributed by atoms with Gasteiger partial charge in [0.25, 0.3) is 0 Å². The molecule has 1 aromatic heterocycles. The molecule has 2 atom stereocenters. The molecule has 1 N–H and O–H groups in total. The summed E-state index contributed by atoms with van der Waals surface area (Å²) in [6.07, 6.45) is 0.679. The highest BCUT2D eigenvalue weighted by Crippen LogP contribution is 2.10. The second-order valence-electron chi connectivity index (χ2n) is 7.06. The minimum atomic E-state index is -2.93. The third kappa shape index (κ3) is 5.04. The van der Waals surface area contributed by atoms with Crippen LogP contribution in [-0.2, 0) is 27.8 Å². The summed E-state index contributed by atoms with van der Waals surface area (Å²) in [5.74, 6) is 1.35. The van der Waals surface area contributed by atoms with Crippen molar-refractivity contribution in [1.82, 2.24) is 14.3 Å². The minimum absolute atomic E-state index is 0.0617. The Morgan fingerprint density at radius 3 is 2.70 bits per heavy atom. The molecule has 7 nitrogen and oxygen atoms in total. The van der Waals surface area contributed by atoms with Gasteiger partial charge in [-0.1, -0.05) is 30.3 Å². The molecule has 0 saturated carbocycles. The zero-order valence-corrected chi connectivity index (χ0v) is 17.4. The normalized spacial score (nSPS) is 20.0. The summed E-state index contributed by atoms with van der Waals surface area (Å²) in [7, 11) is -1.27. The minimum Gasteiger partial charge on any atom is -0.379 e. The third-order valence-corrected chi connectivity index (χ3v) is 7.28. The Bertz CT molecular complexity index is 922. The molecule has 9 heteroatoms. The lowest BCUT2D eigenvalue weighted by molar-refractivity contribution is -0.945. The Morgan fingerprint density at radius 2 is 2.07 bits per heavy atom. The van der Waals surface area contributed by atoms with Crippen LogP contribution >= 0.6 is 12.2 Å². The molecule has 3 rings (SSSR count). The predicted octanol–water partition coefficient (Wildman–Crippen LogP) is 0.447. The molecule has 0 bridgehead atoms. The van der Waals surface area contributed by atoms with Crippen molar-refractivity contribution in [3.63, 3.8) is 0 Å². The van der Waals surface area contributed by atoms with Crippen molar-refractivity contribution >= 4 is 22.1 Å². The number of hydrogen-bond donors (Lipinski definition) is 1. The van der Waals surface area contributed by atoms with Gasteiger partial charge >= 0.3 is 0 Å². The Kier molecular flexibility index (Phi) is 6.46. The standard InChI is InChI=1S/C18H26N4O3S2/c1-15-19-22(18(26)21(15)12-16-6-4-3-5-7-16)14-20(9-10-25-2)17-8-11-27(23,24)13-17/h3-7,17H,8-14H2,1-2H3/p+1/t17-/m0/s1. The van der Waals surface area contributed by atoms with E-state index in [4.69, 9.17) is 17.0 Å². The number of nitrogens with zero attached hydrogens (tertiary/aromatic N) is 3. The number of aromatic nitrogens is 3. The number of rotatable bonds is 8. The Balaban J connectivity index is 1.80. The van der Waals surface area contributed by atoms with Crippen LogP contribution in [0, 0.1) is 11.7 Å². The number of nitrogens with one attached hydrogen (secondary N) is 1. The number of sulfone groups is 1. The zero-order valence-electron chi connectivity index (χ0n) is 15.8. The van der Waals surface area contributed by atoms with E-state index < -0.39 is 9.84 Å². The highest BCUT2D eigenvalue weighted by molar-refractivity contribution is 7.91. The second-order valence-corrected chi connectivity index (χ2v) is 9.65. The van der Waals surface area contributed by atoms with E-state index in [1.807, 2.05) is 34.4 Å². The summed E-state index contributed by atoms with van der Waals surface area (Å²) < 4.78 is 33.5. The molecular weight excluding hydrogens is 384 g/mol. The first kappa shape index (κ1) is 20.2. The maximum Gasteiger partial charge on any atom is 0.203 e. The fourth-order valence-electron chi connectivity index (χ4n) is 3.56. The Labute approximate surface area is 165 Å². The summed E-state index contributed by atoms with van der Waals surface area (Å²) in [5, 5.41) is 4.63. The molecule has 1 unspecified atom stereocenters. The molecule has 1 aliphatic rings. The van der Waals surface area contributed by atoms with E-state index in [1.165, 1.54) is 5.56 Å². The fraction of sp³-hybridized carbons (Fsp3) is 0.556. The summed E-state index contributed by atoms with van der Waals surface area (Å²) in [6.45, 7) is 4.47. The van der Waals surface area contributed by atoms with E-state index in [-0.39, 0.29) is 17.5 Å². The predicted molar refractivity (Wildman–Crippen MR) is 106 cm³/mol. The van der Waals surface area contributed by atoms with Crippen molar-refractivity contribution in [2.75, 3.05) is 31.8 Å². The van der Waals surface area contributed by atoms with Gasteiger partial charge in [0, 0.05) is 13.5 Å². The van der Waals surface area contributed by atoms with Crippen molar-refractivity contribution in [3.05, 3.63) is 46.5 Å². The average Bonchev–Trinajstić information content (AvgIpc) is 3.13. The molecule has 1 aliphatic heterocycles. The van der Waals surface area contributed by atoms with Crippen LogP contribution in [-0.4, -0.2) is 60.6 Å². The molecule has 0 spiro atoms. The van der Waals surface area contributed by atoms with Gasteiger partial charge in [0.05, 0.1) is 18.9 Å². The molecule has 1 fully saturated rings. The molecule has 1 saturated heterocycles.